The van der Waals surface area contributed by atoms with Gasteiger partial charge in [-0.1, -0.05) is 272 Å². The van der Waals surface area contributed by atoms with Crippen LogP contribution in [0, 0.1) is 0 Å². The first-order chi connectivity index (χ1) is 38.6. The Balaban J connectivity index is 3.65. The Morgan fingerprint density at radius 2 is 0.513 bits per heavy atom. The molecule has 0 amide bonds. The molecule has 5 nitrogen and oxygen atoms in total. The lowest BCUT2D eigenvalue weighted by Gasteiger charge is -2.15. The molecule has 1 atom stereocenters. The minimum absolute atomic E-state index is 0.0898. The highest BCUT2D eigenvalue weighted by molar-refractivity contribution is 5.70. The third kappa shape index (κ3) is 63.3. The molecule has 0 aromatic carbocycles. The van der Waals surface area contributed by atoms with Crippen molar-refractivity contribution in [2.75, 3.05) is 13.2 Å². The summed E-state index contributed by atoms with van der Waals surface area (Å²) in [7, 11) is 0. The van der Waals surface area contributed by atoms with Gasteiger partial charge < -0.3 is 14.6 Å². The first-order valence-electron chi connectivity index (χ1n) is 31.0. The summed E-state index contributed by atoms with van der Waals surface area (Å²) in [4.78, 5) is 24.6. The van der Waals surface area contributed by atoms with Gasteiger partial charge in [0.2, 0.25) is 0 Å². The zero-order valence-corrected chi connectivity index (χ0v) is 49.6. The van der Waals surface area contributed by atoms with Crippen LogP contribution in [0.2, 0.25) is 0 Å². The number of aliphatic hydroxyl groups excluding tert-OH is 1. The Morgan fingerprint density at radius 1 is 0.295 bits per heavy atom. The number of esters is 2. The molecule has 0 aliphatic carbocycles. The van der Waals surface area contributed by atoms with Crippen LogP contribution in [0.15, 0.2) is 194 Å². The van der Waals surface area contributed by atoms with E-state index in [4.69, 9.17) is 9.47 Å². The number of hydrogen-bond acceptors (Lipinski definition) is 5. The van der Waals surface area contributed by atoms with Crippen molar-refractivity contribution in [3.8, 4) is 0 Å². The lowest BCUT2D eigenvalue weighted by Crippen LogP contribution is -2.28. The van der Waals surface area contributed by atoms with Gasteiger partial charge in [0.15, 0.2) is 6.10 Å². The van der Waals surface area contributed by atoms with E-state index in [0.29, 0.717) is 12.8 Å². The first-order valence-corrected chi connectivity index (χ1v) is 31.0. The number of ether oxygens (including phenoxy) is 2. The fourth-order valence-electron chi connectivity index (χ4n) is 7.82. The zero-order chi connectivity index (χ0) is 56.2. The molecule has 0 saturated heterocycles. The van der Waals surface area contributed by atoms with Gasteiger partial charge in [-0.2, -0.15) is 0 Å². The predicted octanol–water partition coefficient (Wildman–Crippen LogP) is 21.6. The molecule has 0 heterocycles. The van der Waals surface area contributed by atoms with E-state index < -0.39 is 6.10 Å². The van der Waals surface area contributed by atoms with Crippen LogP contribution in [-0.2, 0) is 19.1 Å². The molecule has 0 radical (unpaired) electrons. The van der Waals surface area contributed by atoms with Crippen molar-refractivity contribution >= 4 is 11.9 Å². The van der Waals surface area contributed by atoms with Crippen LogP contribution in [-0.4, -0.2) is 36.4 Å². The minimum Gasteiger partial charge on any atom is -0.462 e. The standard InChI is InChI=1S/C73H112O5/c1-3-5-7-9-11-13-15-17-19-21-23-25-27-29-31-32-33-34-35-36-37-38-39-40-42-44-46-48-50-52-54-56-58-60-62-64-66-68-73(76)78-71(69-74)70-77-72(75)67-65-63-61-59-57-55-53-51-49-47-45-43-41-30-28-26-24-22-20-18-16-14-12-10-8-6-4-2/h5-8,11-14,17-20,23-26,29-31,33-34,36-37,39-41,44-47,50,52,71,74H,3-4,9-10,15-16,21-22,27-28,32,35,38,42-43,48-49,51,53-70H2,1-2H3/b7-5-,8-6-,13-11-,14-12-,19-17-,20-18-,25-23-,26-24-,31-29-,34-33-,37-36-,40-39-,41-30-,46-44-,47-45-,52-50-. The number of aliphatic hydroxyl groups is 1. The van der Waals surface area contributed by atoms with E-state index in [1.807, 2.05) is 0 Å². The zero-order valence-electron chi connectivity index (χ0n) is 49.6. The summed E-state index contributed by atoms with van der Waals surface area (Å²) in [5, 5.41) is 9.68. The maximum Gasteiger partial charge on any atom is 0.306 e. The number of unbranched alkanes of at least 4 members (excludes halogenated alkanes) is 14. The van der Waals surface area contributed by atoms with Crippen LogP contribution in [0.25, 0.3) is 0 Å². The molecule has 0 aromatic heterocycles. The van der Waals surface area contributed by atoms with Crippen molar-refractivity contribution in [1.82, 2.24) is 0 Å². The normalized spacial score (nSPS) is 13.6. The van der Waals surface area contributed by atoms with Crippen molar-refractivity contribution in [2.24, 2.45) is 0 Å². The lowest BCUT2D eigenvalue weighted by molar-refractivity contribution is -0.161. The van der Waals surface area contributed by atoms with Crippen molar-refractivity contribution in [3.63, 3.8) is 0 Å². The van der Waals surface area contributed by atoms with Crippen molar-refractivity contribution in [1.29, 1.82) is 0 Å². The summed E-state index contributed by atoms with van der Waals surface area (Å²) in [5.74, 6) is -0.632. The highest BCUT2D eigenvalue weighted by atomic mass is 16.6. The number of rotatable bonds is 54. The molecule has 0 aliphatic heterocycles. The van der Waals surface area contributed by atoms with Crippen molar-refractivity contribution in [3.05, 3.63) is 194 Å². The molecular weight excluding hydrogens is 957 g/mol. The Bertz CT molecular complexity index is 1830. The molecular formula is C73H112O5. The SMILES string of the molecule is CC/C=C\C/C=C\C/C=C\C/C=C\C/C=C\C/C=C\C/C=C\C/C=C\C/C=C\C/C=C\CCCCCCCCC(=O)OC(CO)COC(=O)CCCCCCCCCC/C=C\C/C=C\C/C=C\C/C=C\C/C=C\C/C=C\CC. The van der Waals surface area contributed by atoms with Gasteiger partial charge in [-0.05, 0) is 141 Å². The van der Waals surface area contributed by atoms with Crippen LogP contribution >= 0.6 is 0 Å². The van der Waals surface area contributed by atoms with Crippen LogP contribution in [0.3, 0.4) is 0 Å². The second-order valence-corrected chi connectivity index (χ2v) is 19.7. The first kappa shape index (κ1) is 72.7. The average Bonchev–Trinajstić information content (AvgIpc) is 3.44. The summed E-state index contributed by atoms with van der Waals surface area (Å²) in [6.07, 6.45) is 105. The summed E-state index contributed by atoms with van der Waals surface area (Å²) >= 11 is 0. The van der Waals surface area contributed by atoms with Crippen LogP contribution in [0.4, 0.5) is 0 Å². The fourth-order valence-corrected chi connectivity index (χ4v) is 7.82. The number of carbonyl (C=O) groups is 2. The van der Waals surface area contributed by atoms with Crippen LogP contribution in [0.5, 0.6) is 0 Å². The molecule has 0 spiro atoms. The lowest BCUT2D eigenvalue weighted by atomic mass is 10.1. The molecule has 5 heteroatoms. The molecule has 0 aromatic rings. The number of hydrogen-bond donors (Lipinski definition) is 1. The molecule has 78 heavy (non-hydrogen) atoms. The summed E-state index contributed by atoms with van der Waals surface area (Å²) < 4.78 is 10.7. The third-order valence-corrected chi connectivity index (χ3v) is 12.4. The molecule has 0 fully saturated rings. The molecule has 1 N–H and O–H groups in total. The molecule has 0 bridgehead atoms. The molecule has 0 saturated carbocycles. The fraction of sp³-hybridized carbons (Fsp3) is 0.534. The van der Waals surface area contributed by atoms with Crippen LogP contribution in [0.1, 0.15) is 232 Å². The van der Waals surface area contributed by atoms with Crippen molar-refractivity contribution < 1.29 is 24.2 Å². The smallest absolute Gasteiger partial charge is 0.306 e. The van der Waals surface area contributed by atoms with Gasteiger partial charge in [0.25, 0.3) is 0 Å². The monoisotopic (exact) mass is 1070 g/mol. The summed E-state index contributed by atoms with van der Waals surface area (Å²) in [6, 6.07) is 0. The van der Waals surface area contributed by atoms with E-state index in [0.717, 1.165) is 161 Å². The topological polar surface area (TPSA) is 72.8 Å². The molecule has 434 valence electrons. The van der Waals surface area contributed by atoms with Gasteiger partial charge in [0.1, 0.15) is 6.61 Å². The number of allylic oxidation sites excluding steroid dienone is 32. The summed E-state index contributed by atoms with van der Waals surface area (Å²) in [6.45, 7) is 3.88. The van der Waals surface area contributed by atoms with E-state index in [-0.39, 0.29) is 25.2 Å². The van der Waals surface area contributed by atoms with E-state index in [1.54, 1.807) is 0 Å². The average molecular weight is 1070 g/mol. The van der Waals surface area contributed by atoms with Crippen LogP contribution < -0.4 is 0 Å². The third-order valence-electron chi connectivity index (χ3n) is 12.4. The van der Waals surface area contributed by atoms with E-state index in [2.05, 4.69) is 208 Å². The molecule has 1 unspecified atom stereocenters. The predicted molar refractivity (Wildman–Crippen MR) is 342 cm³/mol. The number of carbonyl (C=O) groups excluding carboxylic acids is 2. The van der Waals surface area contributed by atoms with Gasteiger partial charge in [-0.3, -0.25) is 9.59 Å². The minimum atomic E-state index is -0.801. The second-order valence-electron chi connectivity index (χ2n) is 19.7. The second kappa shape index (κ2) is 66.0. The van der Waals surface area contributed by atoms with Crippen molar-refractivity contribution in [2.45, 2.75) is 238 Å². The Kier molecular flexibility index (Phi) is 61.6. The Hall–Kier alpha value is -5.26. The quantitative estimate of drug-likeness (QED) is 0.0373. The van der Waals surface area contributed by atoms with E-state index in [1.165, 1.54) is 44.9 Å². The maximum atomic E-state index is 12.3. The maximum absolute atomic E-state index is 12.3. The van der Waals surface area contributed by atoms with E-state index >= 15 is 0 Å². The molecule has 0 rings (SSSR count). The van der Waals surface area contributed by atoms with Gasteiger partial charge in [-0.15, -0.1) is 0 Å². The summed E-state index contributed by atoms with van der Waals surface area (Å²) in [5.41, 5.74) is 0. The van der Waals surface area contributed by atoms with Gasteiger partial charge in [0, 0.05) is 12.8 Å². The van der Waals surface area contributed by atoms with Gasteiger partial charge in [-0.25, -0.2) is 0 Å². The van der Waals surface area contributed by atoms with Gasteiger partial charge in [0.05, 0.1) is 6.61 Å². The Labute approximate surface area is 479 Å². The largest absolute Gasteiger partial charge is 0.462 e. The Morgan fingerprint density at radius 3 is 0.769 bits per heavy atom. The highest BCUT2D eigenvalue weighted by Gasteiger charge is 2.16. The van der Waals surface area contributed by atoms with E-state index in [9.17, 15) is 14.7 Å². The highest BCUT2D eigenvalue weighted by Crippen LogP contribution is 2.13. The molecule has 0 aliphatic rings. The van der Waals surface area contributed by atoms with Gasteiger partial charge >= 0.3 is 11.9 Å².